The number of hydrogen-bond donors (Lipinski definition) is 1. The van der Waals surface area contributed by atoms with Gasteiger partial charge < -0.3 is 5.73 Å². The first kappa shape index (κ1) is 15.8. The Bertz CT molecular complexity index is 647. The van der Waals surface area contributed by atoms with Gasteiger partial charge in [-0.1, -0.05) is 57.2 Å². The predicted molar refractivity (Wildman–Crippen MR) is 91.8 cm³/mol. The molecule has 0 heterocycles. The minimum atomic E-state index is -0.0697. The molecule has 2 aromatic carbocycles. The molecule has 0 saturated heterocycles. The number of hydrogen-bond acceptors (Lipinski definition) is 1. The minimum absolute atomic E-state index is 0.0697. The fraction of sp³-hybridized carbons (Fsp3) is 0.400. The van der Waals surface area contributed by atoms with Gasteiger partial charge in [0.1, 0.15) is 0 Å². The summed E-state index contributed by atoms with van der Waals surface area (Å²) in [5.74, 6) is 0. The van der Waals surface area contributed by atoms with E-state index in [0.717, 1.165) is 0 Å². The van der Waals surface area contributed by atoms with E-state index in [1.54, 1.807) is 0 Å². The van der Waals surface area contributed by atoms with E-state index in [1.807, 2.05) is 0 Å². The van der Waals surface area contributed by atoms with Gasteiger partial charge in [-0.3, -0.25) is 0 Å². The zero-order chi connectivity index (χ0) is 15.8. The monoisotopic (exact) mass is 281 g/mol. The zero-order valence-electron chi connectivity index (χ0n) is 14.1. The molecule has 2 rings (SSSR count). The van der Waals surface area contributed by atoms with Gasteiger partial charge in [0, 0.05) is 0 Å². The van der Waals surface area contributed by atoms with Crippen LogP contribution < -0.4 is 5.73 Å². The molecule has 0 aromatic heterocycles. The average molecular weight is 281 g/mol. The smallest absolute Gasteiger partial charge is 0.0557 e. The molecule has 2 N–H and O–H groups in total. The summed E-state index contributed by atoms with van der Waals surface area (Å²) in [5, 5.41) is 0. The van der Waals surface area contributed by atoms with Crippen LogP contribution in [0.4, 0.5) is 0 Å². The van der Waals surface area contributed by atoms with Gasteiger partial charge in [0.25, 0.3) is 0 Å². The quantitative estimate of drug-likeness (QED) is 0.827. The van der Waals surface area contributed by atoms with Crippen molar-refractivity contribution in [3.63, 3.8) is 0 Å². The van der Waals surface area contributed by atoms with E-state index >= 15 is 0 Å². The number of aryl methyl sites for hydroxylation is 3. The Balaban J connectivity index is 2.56. The van der Waals surface area contributed by atoms with E-state index < -0.39 is 0 Å². The van der Waals surface area contributed by atoms with Crippen LogP contribution in [-0.4, -0.2) is 0 Å². The van der Waals surface area contributed by atoms with E-state index in [-0.39, 0.29) is 11.5 Å². The molecule has 1 heteroatoms. The molecule has 0 fully saturated rings. The van der Waals surface area contributed by atoms with Gasteiger partial charge >= 0.3 is 0 Å². The largest absolute Gasteiger partial charge is 0.320 e. The van der Waals surface area contributed by atoms with Crippen LogP contribution in [0.5, 0.6) is 0 Å². The minimum Gasteiger partial charge on any atom is -0.320 e. The first-order chi connectivity index (χ1) is 9.71. The first-order valence-corrected chi connectivity index (χ1v) is 7.64. The topological polar surface area (TPSA) is 26.0 Å². The molecule has 0 aliphatic rings. The second-order valence-electron chi connectivity index (χ2n) is 7.11. The van der Waals surface area contributed by atoms with Crippen LogP contribution >= 0.6 is 0 Å². The Morgan fingerprint density at radius 2 is 1.38 bits per heavy atom. The van der Waals surface area contributed by atoms with Crippen LogP contribution in [0.25, 0.3) is 0 Å². The van der Waals surface area contributed by atoms with Gasteiger partial charge in [0.15, 0.2) is 0 Å². The SMILES string of the molecule is Cc1cc(C)c(C(N)c2ccccc2C(C)(C)C)cc1C. The van der Waals surface area contributed by atoms with Crippen LogP contribution in [-0.2, 0) is 5.41 Å². The molecular formula is C20H27N. The maximum Gasteiger partial charge on any atom is 0.0557 e. The summed E-state index contributed by atoms with van der Waals surface area (Å²) in [6.07, 6.45) is 0. The third-order valence-corrected chi connectivity index (χ3v) is 4.32. The van der Waals surface area contributed by atoms with Crippen molar-refractivity contribution in [2.24, 2.45) is 5.73 Å². The molecule has 0 spiro atoms. The summed E-state index contributed by atoms with van der Waals surface area (Å²) < 4.78 is 0. The summed E-state index contributed by atoms with van der Waals surface area (Å²) in [6.45, 7) is 13.2. The van der Waals surface area contributed by atoms with E-state index in [2.05, 4.69) is 77.9 Å². The van der Waals surface area contributed by atoms with Crippen LogP contribution in [0, 0.1) is 20.8 Å². The summed E-state index contributed by atoms with van der Waals surface area (Å²) in [4.78, 5) is 0. The Labute approximate surface area is 129 Å². The number of nitrogens with two attached hydrogens (primary N) is 1. The van der Waals surface area contributed by atoms with Crippen molar-refractivity contribution in [1.29, 1.82) is 0 Å². The normalized spacial score (nSPS) is 13.3. The molecule has 0 amide bonds. The zero-order valence-corrected chi connectivity index (χ0v) is 14.1. The lowest BCUT2D eigenvalue weighted by atomic mass is 9.80. The molecule has 0 saturated carbocycles. The lowest BCUT2D eigenvalue weighted by molar-refractivity contribution is 0.577. The van der Waals surface area contributed by atoms with Crippen LogP contribution in [0.2, 0.25) is 0 Å². The highest BCUT2D eigenvalue weighted by Gasteiger charge is 2.22. The number of benzene rings is 2. The lowest BCUT2D eigenvalue weighted by Gasteiger charge is -2.27. The summed E-state index contributed by atoms with van der Waals surface area (Å²) in [6, 6.07) is 13.0. The van der Waals surface area contributed by atoms with Crippen molar-refractivity contribution in [2.45, 2.75) is 53.0 Å². The molecule has 1 nitrogen and oxygen atoms in total. The van der Waals surface area contributed by atoms with Crippen molar-refractivity contribution in [3.8, 4) is 0 Å². The highest BCUT2D eigenvalue weighted by atomic mass is 14.6. The van der Waals surface area contributed by atoms with Gasteiger partial charge in [0.2, 0.25) is 0 Å². The first-order valence-electron chi connectivity index (χ1n) is 7.64. The molecular weight excluding hydrogens is 254 g/mol. The van der Waals surface area contributed by atoms with Gasteiger partial charge in [-0.2, -0.15) is 0 Å². The molecule has 1 atom stereocenters. The second-order valence-corrected chi connectivity index (χ2v) is 7.11. The van der Waals surface area contributed by atoms with Crippen molar-refractivity contribution >= 4 is 0 Å². The molecule has 0 aliphatic carbocycles. The average Bonchev–Trinajstić information content (AvgIpc) is 2.41. The third-order valence-electron chi connectivity index (χ3n) is 4.32. The fourth-order valence-corrected chi connectivity index (χ4v) is 2.94. The molecule has 0 radical (unpaired) electrons. The summed E-state index contributed by atoms with van der Waals surface area (Å²) in [5.41, 5.74) is 14.4. The Morgan fingerprint density at radius 1 is 0.810 bits per heavy atom. The van der Waals surface area contributed by atoms with E-state index in [9.17, 15) is 0 Å². The summed E-state index contributed by atoms with van der Waals surface area (Å²) >= 11 is 0. The highest BCUT2D eigenvalue weighted by molar-refractivity contribution is 5.45. The molecule has 21 heavy (non-hydrogen) atoms. The summed E-state index contributed by atoms with van der Waals surface area (Å²) in [7, 11) is 0. The molecule has 112 valence electrons. The molecule has 0 aliphatic heterocycles. The Hall–Kier alpha value is -1.60. The standard InChI is InChI=1S/C20H27N/c1-13-11-15(3)17(12-14(13)2)19(21)16-9-7-8-10-18(16)20(4,5)6/h7-12,19H,21H2,1-6H3. The van der Waals surface area contributed by atoms with Gasteiger partial charge in [-0.25, -0.2) is 0 Å². The maximum absolute atomic E-state index is 6.63. The van der Waals surface area contributed by atoms with Crippen LogP contribution in [0.1, 0.15) is 60.2 Å². The predicted octanol–water partition coefficient (Wildman–Crippen LogP) is 4.96. The van der Waals surface area contributed by atoms with Crippen molar-refractivity contribution in [2.75, 3.05) is 0 Å². The Kier molecular flexibility index (Phi) is 4.25. The molecule has 1 unspecified atom stereocenters. The highest BCUT2D eigenvalue weighted by Crippen LogP contribution is 2.33. The van der Waals surface area contributed by atoms with Crippen LogP contribution in [0.15, 0.2) is 36.4 Å². The molecule has 0 bridgehead atoms. The number of rotatable bonds is 2. The van der Waals surface area contributed by atoms with E-state index in [1.165, 1.54) is 33.4 Å². The lowest BCUT2D eigenvalue weighted by Crippen LogP contribution is -2.21. The van der Waals surface area contributed by atoms with Crippen LogP contribution in [0.3, 0.4) is 0 Å². The maximum atomic E-state index is 6.63. The van der Waals surface area contributed by atoms with E-state index in [4.69, 9.17) is 5.73 Å². The third kappa shape index (κ3) is 3.19. The Morgan fingerprint density at radius 3 is 2.00 bits per heavy atom. The van der Waals surface area contributed by atoms with Gasteiger partial charge in [-0.05, 0) is 59.6 Å². The van der Waals surface area contributed by atoms with Gasteiger partial charge in [-0.15, -0.1) is 0 Å². The van der Waals surface area contributed by atoms with E-state index in [0.29, 0.717) is 0 Å². The van der Waals surface area contributed by atoms with Crippen molar-refractivity contribution < 1.29 is 0 Å². The van der Waals surface area contributed by atoms with Crippen molar-refractivity contribution in [3.05, 3.63) is 69.8 Å². The molecule has 2 aromatic rings. The second kappa shape index (κ2) is 5.65. The fourth-order valence-electron chi connectivity index (χ4n) is 2.94. The van der Waals surface area contributed by atoms with Gasteiger partial charge in [0.05, 0.1) is 6.04 Å². The van der Waals surface area contributed by atoms with Crippen molar-refractivity contribution in [1.82, 2.24) is 0 Å².